The second-order valence-corrected chi connectivity index (χ2v) is 3.80. The summed E-state index contributed by atoms with van der Waals surface area (Å²) in [6.45, 7) is 1.62. The van der Waals surface area contributed by atoms with Gasteiger partial charge in [0.2, 0.25) is 0 Å². The van der Waals surface area contributed by atoms with Gasteiger partial charge in [-0.2, -0.15) is 0 Å². The van der Waals surface area contributed by atoms with E-state index in [2.05, 4.69) is 14.9 Å². The van der Waals surface area contributed by atoms with Gasteiger partial charge in [0.05, 0.1) is 12.1 Å². The Bertz CT molecular complexity index is 329. The van der Waals surface area contributed by atoms with E-state index in [9.17, 15) is 0 Å². The first-order valence-electron chi connectivity index (χ1n) is 4.66. The van der Waals surface area contributed by atoms with Crippen molar-refractivity contribution in [3.63, 3.8) is 0 Å². The molecule has 0 aliphatic rings. The minimum absolute atomic E-state index is 0.392. The molecule has 0 unspecified atom stereocenters. The highest BCUT2D eigenvalue weighted by Crippen LogP contribution is 2.16. The minimum Gasteiger partial charge on any atom is -0.398 e. The number of nitrogens with two attached hydrogens (primary N) is 1. The summed E-state index contributed by atoms with van der Waals surface area (Å²) < 4.78 is 0. The van der Waals surface area contributed by atoms with Crippen LogP contribution in [-0.4, -0.2) is 43.3 Å². The summed E-state index contributed by atoms with van der Waals surface area (Å²) in [6, 6.07) is 1.71. The number of nitrogens with zero attached hydrogens (tertiary/aromatic N) is 3. The number of likely N-dealkylation sites (N-methyl/N-ethyl adjacent to an activating group) is 1. The van der Waals surface area contributed by atoms with Crippen LogP contribution in [0, 0.1) is 0 Å². The molecule has 0 saturated carbocycles. The van der Waals surface area contributed by atoms with Crippen molar-refractivity contribution in [1.29, 1.82) is 0 Å². The number of rotatable bonds is 4. The third-order valence-corrected chi connectivity index (χ3v) is 2.17. The summed E-state index contributed by atoms with van der Waals surface area (Å²) in [7, 11) is 4.00. The first kappa shape index (κ1) is 11.9. The van der Waals surface area contributed by atoms with Gasteiger partial charge in [0.25, 0.3) is 0 Å². The highest BCUT2D eigenvalue weighted by Gasteiger charge is 2.01. The van der Waals surface area contributed by atoms with E-state index >= 15 is 0 Å². The van der Waals surface area contributed by atoms with Crippen LogP contribution in [0.1, 0.15) is 5.56 Å². The average molecular weight is 227 g/mol. The second kappa shape index (κ2) is 5.68. The molecule has 0 aliphatic heterocycles. The number of halogens is 1. The Hall–Kier alpha value is -1.13. The summed E-state index contributed by atoms with van der Waals surface area (Å²) in [5.41, 5.74) is 7.03. The largest absolute Gasteiger partial charge is 0.398 e. The number of hydrogen-bond donors (Lipinski definition) is 1. The fourth-order valence-corrected chi connectivity index (χ4v) is 1.22. The Balaban J connectivity index is 2.64. The Morgan fingerprint density at radius 1 is 1.60 bits per heavy atom. The number of anilines is 1. The third kappa shape index (κ3) is 3.85. The molecule has 0 aliphatic carbocycles. The standard InChI is InChI=1S/C10H15ClN4/c1-15(2)6-5-13-7-8-9(12)3-4-14-10(8)11/h3-4,7H,5-6H2,1-2H3,(H2,12,14)/b13-7+. The summed E-state index contributed by atoms with van der Waals surface area (Å²) in [6.07, 6.45) is 3.25. The molecule has 2 N–H and O–H groups in total. The lowest BCUT2D eigenvalue weighted by Crippen LogP contribution is -2.15. The van der Waals surface area contributed by atoms with Crippen molar-refractivity contribution in [1.82, 2.24) is 9.88 Å². The van der Waals surface area contributed by atoms with Crippen molar-refractivity contribution in [3.8, 4) is 0 Å². The molecule has 4 nitrogen and oxygen atoms in total. The lowest BCUT2D eigenvalue weighted by Gasteiger charge is -2.05. The van der Waals surface area contributed by atoms with Crippen molar-refractivity contribution in [2.75, 3.05) is 32.9 Å². The molecule has 15 heavy (non-hydrogen) atoms. The molecule has 1 rings (SSSR count). The fraction of sp³-hybridized carbons (Fsp3) is 0.400. The van der Waals surface area contributed by atoms with Crippen LogP contribution in [0.25, 0.3) is 0 Å². The zero-order valence-corrected chi connectivity index (χ0v) is 9.70. The maximum atomic E-state index is 5.88. The van der Waals surface area contributed by atoms with E-state index < -0.39 is 0 Å². The van der Waals surface area contributed by atoms with Crippen LogP contribution in [0.2, 0.25) is 5.15 Å². The van der Waals surface area contributed by atoms with Crippen LogP contribution in [-0.2, 0) is 0 Å². The molecule has 0 aromatic carbocycles. The van der Waals surface area contributed by atoms with Gasteiger partial charge in [0.15, 0.2) is 0 Å². The van der Waals surface area contributed by atoms with Gasteiger partial charge in [-0.15, -0.1) is 0 Å². The van der Waals surface area contributed by atoms with Gasteiger partial charge in [-0.1, -0.05) is 11.6 Å². The van der Waals surface area contributed by atoms with E-state index in [-0.39, 0.29) is 0 Å². The quantitative estimate of drug-likeness (QED) is 0.622. The van der Waals surface area contributed by atoms with E-state index in [0.29, 0.717) is 16.4 Å². The molecule has 0 atom stereocenters. The smallest absolute Gasteiger partial charge is 0.139 e. The van der Waals surface area contributed by atoms with Crippen molar-refractivity contribution < 1.29 is 0 Å². The Morgan fingerprint density at radius 3 is 2.93 bits per heavy atom. The van der Waals surface area contributed by atoms with E-state index in [0.717, 1.165) is 13.1 Å². The van der Waals surface area contributed by atoms with E-state index in [1.807, 2.05) is 14.1 Å². The lowest BCUT2D eigenvalue weighted by molar-refractivity contribution is 0.421. The number of nitrogen functional groups attached to an aromatic ring is 1. The molecular weight excluding hydrogens is 212 g/mol. The Labute approximate surface area is 94.8 Å². The normalized spacial score (nSPS) is 11.5. The van der Waals surface area contributed by atoms with Crippen molar-refractivity contribution in [2.24, 2.45) is 4.99 Å². The van der Waals surface area contributed by atoms with E-state index in [4.69, 9.17) is 17.3 Å². The summed E-state index contributed by atoms with van der Waals surface area (Å²) in [4.78, 5) is 10.2. The van der Waals surface area contributed by atoms with Crippen molar-refractivity contribution in [3.05, 3.63) is 23.0 Å². The monoisotopic (exact) mass is 226 g/mol. The molecule has 0 radical (unpaired) electrons. The zero-order valence-electron chi connectivity index (χ0n) is 8.94. The van der Waals surface area contributed by atoms with Crippen molar-refractivity contribution >= 4 is 23.5 Å². The number of aromatic nitrogens is 1. The van der Waals surface area contributed by atoms with Gasteiger partial charge in [0.1, 0.15) is 5.15 Å². The first-order valence-corrected chi connectivity index (χ1v) is 5.03. The lowest BCUT2D eigenvalue weighted by atomic mass is 10.2. The fourth-order valence-electron chi connectivity index (χ4n) is 1.00. The number of hydrogen-bond acceptors (Lipinski definition) is 4. The molecule has 0 saturated heterocycles. The van der Waals surface area contributed by atoms with Crippen LogP contribution in [0.4, 0.5) is 5.69 Å². The predicted octanol–water partition coefficient (Wildman–Crippen LogP) is 1.30. The van der Waals surface area contributed by atoms with Gasteiger partial charge in [0, 0.05) is 24.6 Å². The molecule has 1 heterocycles. The molecule has 0 spiro atoms. The Morgan fingerprint density at radius 2 is 2.33 bits per heavy atom. The molecule has 0 bridgehead atoms. The average Bonchev–Trinajstić information content (AvgIpc) is 2.15. The number of pyridine rings is 1. The first-order chi connectivity index (χ1) is 7.11. The van der Waals surface area contributed by atoms with Gasteiger partial charge < -0.3 is 10.6 Å². The Kier molecular flexibility index (Phi) is 4.52. The van der Waals surface area contributed by atoms with Crippen LogP contribution < -0.4 is 5.73 Å². The van der Waals surface area contributed by atoms with Crippen molar-refractivity contribution in [2.45, 2.75) is 0 Å². The molecule has 5 heteroatoms. The predicted molar refractivity (Wildman–Crippen MR) is 64.7 cm³/mol. The molecule has 0 amide bonds. The minimum atomic E-state index is 0.392. The maximum absolute atomic E-state index is 5.88. The van der Waals surface area contributed by atoms with Gasteiger partial charge in [-0.05, 0) is 20.2 Å². The summed E-state index contributed by atoms with van der Waals surface area (Å²) >= 11 is 5.88. The van der Waals surface area contributed by atoms with E-state index in [1.165, 1.54) is 0 Å². The molecule has 82 valence electrons. The molecular formula is C10H15ClN4. The van der Waals surface area contributed by atoms with Crippen LogP contribution in [0.3, 0.4) is 0 Å². The van der Waals surface area contributed by atoms with Gasteiger partial charge in [-0.3, -0.25) is 4.99 Å². The molecule has 1 aromatic rings. The van der Waals surface area contributed by atoms with Crippen LogP contribution >= 0.6 is 11.6 Å². The van der Waals surface area contributed by atoms with Crippen LogP contribution in [0.5, 0.6) is 0 Å². The maximum Gasteiger partial charge on any atom is 0.139 e. The highest BCUT2D eigenvalue weighted by atomic mass is 35.5. The van der Waals surface area contributed by atoms with E-state index in [1.54, 1.807) is 18.5 Å². The third-order valence-electron chi connectivity index (χ3n) is 1.87. The van der Waals surface area contributed by atoms with Crippen LogP contribution in [0.15, 0.2) is 17.3 Å². The summed E-state index contributed by atoms with van der Waals surface area (Å²) in [5, 5.41) is 0.392. The van der Waals surface area contributed by atoms with Gasteiger partial charge >= 0.3 is 0 Å². The SMILES string of the molecule is CN(C)CC/N=C/c1c(N)ccnc1Cl. The topological polar surface area (TPSA) is 54.5 Å². The molecule has 1 aromatic heterocycles. The zero-order chi connectivity index (χ0) is 11.3. The highest BCUT2D eigenvalue weighted by molar-refractivity contribution is 6.32. The summed E-state index contributed by atoms with van der Waals surface area (Å²) in [5.74, 6) is 0. The number of aliphatic imine (C=N–C) groups is 1. The van der Waals surface area contributed by atoms with Gasteiger partial charge in [-0.25, -0.2) is 4.98 Å². The second-order valence-electron chi connectivity index (χ2n) is 3.44. The molecule has 0 fully saturated rings.